The van der Waals surface area contributed by atoms with E-state index in [1.807, 2.05) is 6.07 Å². The molecular weight excluding hydrogens is 440 g/mol. The molecule has 1 amide bonds. The molecule has 0 aliphatic carbocycles. The van der Waals surface area contributed by atoms with Gasteiger partial charge in [-0.15, -0.1) is 0 Å². The standard InChI is InChI=1S/C18H22N8O3S2/c19-8-14-9-20-18(30-14)24-15-7-16(22-12-21-15)26-4-2-25(3-5-26)10-17(27)23-13-1-6-31(28,29)11-13/h7,9,12-13H,1-6,10-11H2,(H,23,27)(H,20,21,22,24). The lowest BCUT2D eigenvalue weighted by molar-refractivity contribution is -0.122. The molecule has 11 nitrogen and oxygen atoms in total. The number of anilines is 3. The molecule has 0 radical (unpaired) electrons. The second-order valence-corrected chi connectivity index (χ2v) is 10.7. The fraction of sp³-hybridized carbons (Fsp3) is 0.500. The van der Waals surface area contributed by atoms with Crippen molar-refractivity contribution in [2.45, 2.75) is 12.5 Å². The van der Waals surface area contributed by atoms with Crippen molar-refractivity contribution >= 4 is 43.8 Å². The lowest BCUT2D eigenvalue weighted by atomic mass is 10.2. The molecule has 0 aromatic carbocycles. The number of thiazole rings is 1. The average molecular weight is 463 g/mol. The molecule has 164 valence electrons. The molecular formula is C18H22N8O3S2. The first-order chi connectivity index (χ1) is 14.9. The van der Waals surface area contributed by atoms with Crippen molar-refractivity contribution in [3.05, 3.63) is 23.5 Å². The third kappa shape index (κ3) is 5.66. The maximum atomic E-state index is 12.3. The van der Waals surface area contributed by atoms with Gasteiger partial charge in [0.2, 0.25) is 5.91 Å². The highest BCUT2D eigenvalue weighted by atomic mass is 32.2. The molecule has 2 fully saturated rings. The van der Waals surface area contributed by atoms with Crippen molar-refractivity contribution in [2.24, 2.45) is 0 Å². The molecule has 0 saturated carbocycles. The Morgan fingerprint density at radius 2 is 2.06 bits per heavy atom. The van der Waals surface area contributed by atoms with Gasteiger partial charge in [-0.05, 0) is 6.42 Å². The van der Waals surface area contributed by atoms with Crippen LogP contribution < -0.4 is 15.5 Å². The minimum atomic E-state index is -3.01. The Hall–Kier alpha value is -2.82. The lowest BCUT2D eigenvalue weighted by Gasteiger charge is -2.35. The van der Waals surface area contributed by atoms with Crippen LogP contribution >= 0.6 is 11.3 Å². The monoisotopic (exact) mass is 462 g/mol. The van der Waals surface area contributed by atoms with Gasteiger partial charge in [0.05, 0.1) is 24.2 Å². The van der Waals surface area contributed by atoms with Crippen LogP contribution in [0.3, 0.4) is 0 Å². The predicted octanol–water partition coefficient (Wildman–Crippen LogP) is -0.0263. The van der Waals surface area contributed by atoms with Gasteiger partial charge in [-0.3, -0.25) is 9.69 Å². The average Bonchev–Trinajstić information content (AvgIpc) is 3.34. The zero-order valence-electron chi connectivity index (χ0n) is 16.7. The summed E-state index contributed by atoms with van der Waals surface area (Å²) >= 11 is 1.25. The maximum Gasteiger partial charge on any atom is 0.234 e. The third-order valence-electron chi connectivity index (χ3n) is 5.16. The van der Waals surface area contributed by atoms with Crippen LogP contribution in [0.5, 0.6) is 0 Å². The molecule has 2 aromatic rings. The summed E-state index contributed by atoms with van der Waals surface area (Å²) in [6, 6.07) is 3.61. The minimum Gasteiger partial charge on any atom is -0.354 e. The minimum absolute atomic E-state index is 0.0371. The molecule has 0 bridgehead atoms. The first-order valence-corrected chi connectivity index (χ1v) is 12.5. The van der Waals surface area contributed by atoms with Crippen LogP contribution in [-0.4, -0.2) is 84.4 Å². The van der Waals surface area contributed by atoms with Gasteiger partial charge in [-0.1, -0.05) is 11.3 Å². The van der Waals surface area contributed by atoms with Crippen LogP contribution in [0.15, 0.2) is 18.6 Å². The Bertz CT molecular complexity index is 1090. The van der Waals surface area contributed by atoms with Crippen LogP contribution in [0.4, 0.5) is 16.8 Å². The molecule has 4 heterocycles. The number of carbonyl (C=O) groups excluding carboxylic acids is 1. The summed E-state index contributed by atoms with van der Waals surface area (Å²) in [5, 5.41) is 15.4. The van der Waals surface area contributed by atoms with Crippen LogP contribution in [0.2, 0.25) is 0 Å². The van der Waals surface area contributed by atoms with E-state index in [4.69, 9.17) is 5.26 Å². The molecule has 31 heavy (non-hydrogen) atoms. The molecule has 2 aliphatic rings. The maximum absolute atomic E-state index is 12.3. The van der Waals surface area contributed by atoms with E-state index >= 15 is 0 Å². The van der Waals surface area contributed by atoms with Crippen LogP contribution in [0.25, 0.3) is 0 Å². The van der Waals surface area contributed by atoms with Gasteiger partial charge in [0.25, 0.3) is 0 Å². The summed E-state index contributed by atoms with van der Waals surface area (Å²) in [6.07, 6.45) is 3.48. The van der Waals surface area contributed by atoms with E-state index in [1.165, 1.54) is 23.9 Å². The van der Waals surface area contributed by atoms with Gasteiger partial charge in [-0.25, -0.2) is 23.4 Å². The lowest BCUT2D eigenvalue weighted by Crippen LogP contribution is -2.50. The molecule has 2 aromatic heterocycles. The first-order valence-electron chi connectivity index (χ1n) is 9.82. The number of sulfone groups is 1. The SMILES string of the molecule is N#Cc1cnc(Nc2cc(N3CCN(CC(=O)NC4CCS(=O)(=O)C4)CC3)ncn2)s1. The highest BCUT2D eigenvalue weighted by Gasteiger charge is 2.29. The number of carbonyl (C=O) groups is 1. The van der Waals surface area contributed by atoms with Crippen LogP contribution in [0.1, 0.15) is 11.3 Å². The summed E-state index contributed by atoms with van der Waals surface area (Å²) in [6.45, 7) is 3.06. The van der Waals surface area contributed by atoms with Crippen molar-refractivity contribution in [3.8, 4) is 6.07 Å². The summed E-state index contributed by atoms with van der Waals surface area (Å²) in [7, 11) is -3.01. The number of piperazine rings is 1. The largest absolute Gasteiger partial charge is 0.354 e. The molecule has 0 spiro atoms. The van der Waals surface area contributed by atoms with Gasteiger partial charge in [0, 0.05) is 38.3 Å². The van der Waals surface area contributed by atoms with Gasteiger partial charge >= 0.3 is 0 Å². The second kappa shape index (κ2) is 9.13. The van der Waals surface area contributed by atoms with Crippen molar-refractivity contribution in [2.75, 3.05) is 54.4 Å². The molecule has 4 rings (SSSR count). The van der Waals surface area contributed by atoms with Crippen LogP contribution in [0, 0.1) is 11.3 Å². The van der Waals surface area contributed by atoms with E-state index in [1.54, 1.807) is 0 Å². The summed E-state index contributed by atoms with van der Waals surface area (Å²) in [4.78, 5) is 29.6. The van der Waals surface area contributed by atoms with E-state index in [0.29, 0.717) is 48.4 Å². The zero-order chi connectivity index (χ0) is 21.8. The smallest absolute Gasteiger partial charge is 0.234 e. The number of nitrogens with zero attached hydrogens (tertiary/aromatic N) is 6. The predicted molar refractivity (Wildman–Crippen MR) is 116 cm³/mol. The summed E-state index contributed by atoms with van der Waals surface area (Å²) in [5.41, 5.74) is 0. The molecule has 1 atom stereocenters. The topological polar surface area (TPSA) is 144 Å². The Morgan fingerprint density at radius 3 is 2.74 bits per heavy atom. The van der Waals surface area contributed by atoms with E-state index < -0.39 is 9.84 Å². The van der Waals surface area contributed by atoms with Gasteiger partial charge in [0.1, 0.15) is 28.9 Å². The number of amides is 1. The Balaban J connectivity index is 1.27. The van der Waals surface area contributed by atoms with Crippen LogP contribution in [-0.2, 0) is 14.6 Å². The fourth-order valence-electron chi connectivity index (χ4n) is 3.60. The Labute approximate surface area is 184 Å². The molecule has 13 heteroatoms. The van der Waals surface area contributed by atoms with Crippen molar-refractivity contribution in [1.29, 1.82) is 5.26 Å². The van der Waals surface area contributed by atoms with Crippen molar-refractivity contribution in [3.63, 3.8) is 0 Å². The fourth-order valence-corrected chi connectivity index (χ4v) is 5.90. The number of hydrogen-bond donors (Lipinski definition) is 2. The summed E-state index contributed by atoms with van der Waals surface area (Å²) < 4.78 is 23.1. The Morgan fingerprint density at radius 1 is 1.26 bits per heavy atom. The first kappa shape index (κ1) is 21.4. The van der Waals surface area contributed by atoms with Gasteiger partial charge < -0.3 is 15.5 Å². The molecule has 2 N–H and O–H groups in total. The number of hydrogen-bond acceptors (Lipinski definition) is 11. The van der Waals surface area contributed by atoms with Crippen molar-refractivity contribution < 1.29 is 13.2 Å². The number of nitriles is 1. The number of nitrogens with one attached hydrogen (secondary N) is 2. The summed E-state index contributed by atoms with van der Waals surface area (Å²) in [5.74, 6) is 1.42. The zero-order valence-corrected chi connectivity index (χ0v) is 18.3. The van der Waals surface area contributed by atoms with E-state index in [2.05, 4.69) is 41.5 Å². The highest BCUT2D eigenvalue weighted by molar-refractivity contribution is 7.91. The Kier molecular flexibility index (Phi) is 6.30. The molecule has 2 saturated heterocycles. The quantitative estimate of drug-likeness (QED) is 0.600. The van der Waals surface area contributed by atoms with E-state index in [-0.39, 0.29) is 30.0 Å². The van der Waals surface area contributed by atoms with E-state index in [9.17, 15) is 13.2 Å². The second-order valence-electron chi connectivity index (χ2n) is 7.46. The molecule has 1 unspecified atom stereocenters. The third-order valence-corrected chi connectivity index (χ3v) is 7.75. The van der Waals surface area contributed by atoms with Gasteiger partial charge in [0.15, 0.2) is 15.0 Å². The normalized spacial score (nSPS) is 20.9. The number of rotatable bonds is 6. The number of aromatic nitrogens is 3. The molecule has 2 aliphatic heterocycles. The van der Waals surface area contributed by atoms with Crippen molar-refractivity contribution in [1.82, 2.24) is 25.2 Å². The van der Waals surface area contributed by atoms with E-state index in [0.717, 1.165) is 5.82 Å². The van der Waals surface area contributed by atoms with Gasteiger partial charge in [-0.2, -0.15) is 5.26 Å². The highest BCUT2D eigenvalue weighted by Crippen LogP contribution is 2.23.